The zero-order chi connectivity index (χ0) is 11.0. The first kappa shape index (κ1) is 9.61. The molecule has 0 heterocycles. The maximum Gasteiger partial charge on any atom is 0.0615 e. The Morgan fingerprint density at radius 3 is 2.69 bits per heavy atom. The maximum atomic E-state index is 8.83. The van der Waals surface area contributed by atoms with Crippen LogP contribution in [-0.4, -0.2) is 11.7 Å². The fraction of sp³-hybridized carbons (Fsp3) is 0.200. The van der Waals surface area contributed by atoms with Gasteiger partial charge >= 0.3 is 0 Å². The predicted molar refractivity (Wildman–Crippen MR) is 67.5 cm³/mol. The van der Waals surface area contributed by atoms with Gasteiger partial charge in [0.25, 0.3) is 0 Å². The highest BCUT2D eigenvalue weighted by Gasteiger charge is 2.14. The molecular formula is C15H14O. The van der Waals surface area contributed by atoms with E-state index in [0.29, 0.717) is 0 Å². The van der Waals surface area contributed by atoms with Crippen molar-refractivity contribution in [3.8, 4) is 0 Å². The highest BCUT2D eigenvalue weighted by atomic mass is 16.2. The van der Waals surface area contributed by atoms with Crippen LogP contribution >= 0.6 is 0 Å². The molecule has 16 heavy (non-hydrogen) atoms. The molecule has 2 aromatic carbocycles. The fourth-order valence-corrected chi connectivity index (χ4v) is 2.59. The predicted octanol–water partition coefficient (Wildman–Crippen LogP) is 2.94. The minimum absolute atomic E-state index is 0.100. The van der Waals surface area contributed by atoms with Gasteiger partial charge in [-0.3, -0.25) is 0 Å². The van der Waals surface area contributed by atoms with Gasteiger partial charge in [-0.1, -0.05) is 42.5 Å². The summed E-state index contributed by atoms with van der Waals surface area (Å²) in [7, 11) is 0. The molecule has 0 saturated carbocycles. The Balaban J connectivity index is 2.29. The monoisotopic (exact) mass is 210 g/mol. The van der Waals surface area contributed by atoms with Gasteiger partial charge in [-0.15, -0.1) is 0 Å². The van der Waals surface area contributed by atoms with Gasteiger partial charge in [0, 0.05) is 0 Å². The van der Waals surface area contributed by atoms with Crippen LogP contribution in [0.5, 0.6) is 0 Å². The molecule has 1 nitrogen and oxygen atoms in total. The molecule has 1 aliphatic rings. The van der Waals surface area contributed by atoms with Gasteiger partial charge in [0.05, 0.1) is 6.61 Å². The van der Waals surface area contributed by atoms with Crippen LogP contribution in [0.15, 0.2) is 36.4 Å². The molecule has 0 radical (unpaired) electrons. The highest BCUT2D eigenvalue weighted by Crippen LogP contribution is 2.33. The van der Waals surface area contributed by atoms with Crippen LogP contribution in [0.25, 0.3) is 16.8 Å². The zero-order valence-electron chi connectivity index (χ0n) is 9.11. The summed E-state index contributed by atoms with van der Waals surface area (Å²) in [6.45, 7) is 0.100. The van der Waals surface area contributed by atoms with Gasteiger partial charge in [0.2, 0.25) is 0 Å². The summed E-state index contributed by atoms with van der Waals surface area (Å²) in [6, 6.07) is 10.9. The van der Waals surface area contributed by atoms with Crippen LogP contribution in [0, 0.1) is 0 Å². The average Bonchev–Trinajstić information content (AvgIpc) is 2.74. The normalized spacial score (nSPS) is 14.1. The Morgan fingerprint density at radius 2 is 1.88 bits per heavy atom. The standard InChI is InChI=1S/C15H14O/c16-10-2-4-11-6-7-13-9-8-12-3-1-5-14(11)15(12)13/h1-7,16H,8-10H2. The number of rotatable bonds is 2. The van der Waals surface area contributed by atoms with E-state index in [4.69, 9.17) is 5.11 Å². The Bertz CT molecular complexity index is 557. The Labute approximate surface area is 95.0 Å². The van der Waals surface area contributed by atoms with E-state index in [1.165, 1.54) is 40.3 Å². The molecule has 0 atom stereocenters. The van der Waals surface area contributed by atoms with E-state index in [-0.39, 0.29) is 6.61 Å². The summed E-state index contributed by atoms with van der Waals surface area (Å²) in [6.07, 6.45) is 6.12. The van der Waals surface area contributed by atoms with E-state index in [9.17, 15) is 0 Å². The largest absolute Gasteiger partial charge is 0.392 e. The molecule has 0 bridgehead atoms. The molecular weight excluding hydrogens is 196 g/mol. The summed E-state index contributed by atoms with van der Waals surface area (Å²) in [4.78, 5) is 0. The van der Waals surface area contributed by atoms with Gasteiger partial charge in [-0.25, -0.2) is 0 Å². The molecule has 0 aliphatic heterocycles. The second-order valence-electron chi connectivity index (χ2n) is 4.24. The Hall–Kier alpha value is -1.60. The van der Waals surface area contributed by atoms with E-state index < -0.39 is 0 Å². The molecule has 1 aliphatic carbocycles. The third-order valence-corrected chi connectivity index (χ3v) is 3.31. The van der Waals surface area contributed by atoms with Crippen LogP contribution in [0.3, 0.4) is 0 Å². The van der Waals surface area contributed by atoms with E-state index in [2.05, 4.69) is 30.3 Å². The molecule has 2 aromatic rings. The molecule has 0 spiro atoms. The van der Waals surface area contributed by atoms with Crippen molar-refractivity contribution in [2.24, 2.45) is 0 Å². The minimum atomic E-state index is 0.100. The topological polar surface area (TPSA) is 20.2 Å². The molecule has 0 fully saturated rings. The van der Waals surface area contributed by atoms with Crippen LogP contribution < -0.4 is 0 Å². The number of aryl methyl sites for hydroxylation is 2. The number of hydrogen-bond acceptors (Lipinski definition) is 1. The fourth-order valence-electron chi connectivity index (χ4n) is 2.59. The molecule has 1 heteroatoms. The van der Waals surface area contributed by atoms with Crippen molar-refractivity contribution in [3.05, 3.63) is 53.1 Å². The number of aliphatic hydroxyl groups excluding tert-OH is 1. The first-order chi connectivity index (χ1) is 7.90. The van der Waals surface area contributed by atoms with Crippen molar-refractivity contribution >= 4 is 16.8 Å². The van der Waals surface area contributed by atoms with E-state index in [1.54, 1.807) is 6.08 Å². The lowest BCUT2D eigenvalue weighted by Gasteiger charge is -2.05. The summed E-state index contributed by atoms with van der Waals surface area (Å²) in [5.41, 5.74) is 4.13. The van der Waals surface area contributed by atoms with Crippen molar-refractivity contribution in [1.29, 1.82) is 0 Å². The van der Waals surface area contributed by atoms with Crippen molar-refractivity contribution in [2.45, 2.75) is 12.8 Å². The summed E-state index contributed by atoms with van der Waals surface area (Å²) < 4.78 is 0. The first-order valence-electron chi connectivity index (χ1n) is 5.71. The quantitative estimate of drug-likeness (QED) is 0.808. The molecule has 0 unspecified atom stereocenters. The third-order valence-electron chi connectivity index (χ3n) is 3.31. The molecule has 80 valence electrons. The van der Waals surface area contributed by atoms with Crippen molar-refractivity contribution < 1.29 is 5.11 Å². The van der Waals surface area contributed by atoms with Gasteiger partial charge in [-0.2, -0.15) is 0 Å². The molecule has 0 aromatic heterocycles. The minimum Gasteiger partial charge on any atom is -0.392 e. The second-order valence-corrected chi connectivity index (χ2v) is 4.24. The van der Waals surface area contributed by atoms with Crippen molar-refractivity contribution in [3.63, 3.8) is 0 Å². The van der Waals surface area contributed by atoms with Crippen LogP contribution in [-0.2, 0) is 12.8 Å². The van der Waals surface area contributed by atoms with Gasteiger partial charge in [0.15, 0.2) is 0 Å². The first-order valence-corrected chi connectivity index (χ1v) is 5.71. The maximum absolute atomic E-state index is 8.83. The van der Waals surface area contributed by atoms with Crippen LogP contribution in [0.4, 0.5) is 0 Å². The van der Waals surface area contributed by atoms with E-state index >= 15 is 0 Å². The molecule has 3 rings (SSSR count). The molecule has 1 N–H and O–H groups in total. The third kappa shape index (κ3) is 1.36. The summed E-state index contributed by atoms with van der Waals surface area (Å²) >= 11 is 0. The lowest BCUT2D eigenvalue weighted by Crippen LogP contribution is -1.83. The molecule has 0 amide bonds. The molecule has 0 saturated heterocycles. The number of aliphatic hydroxyl groups is 1. The lowest BCUT2D eigenvalue weighted by molar-refractivity contribution is 0.343. The van der Waals surface area contributed by atoms with Crippen LogP contribution in [0.2, 0.25) is 0 Å². The summed E-state index contributed by atoms with van der Waals surface area (Å²) in [5, 5.41) is 11.6. The van der Waals surface area contributed by atoms with Crippen molar-refractivity contribution in [2.75, 3.05) is 6.61 Å². The second kappa shape index (κ2) is 3.76. The van der Waals surface area contributed by atoms with Gasteiger partial charge in [0.1, 0.15) is 0 Å². The van der Waals surface area contributed by atoms with Crippen LogP contribution in [0.1, 0.15) is 16.7 Å². The number of benzene rings is 2. The number of hydrogen-bond donors (Lipinski definition) is 1. The smallest absolute Gasteiger partial charge is 0.0615 e. The summed E-state index contributed by atoms with van der Waals surface area (Å²) in [5.74, 6) is 0. The Morgan fingerprint density at radius 1 is 1.06 bits per heavy atom. The van der Waals surface area contributed by atoms with E-state index in [0.717, 1.165) is 0 Å². The van der Waals surface area contributed by atoms with Gasteiger partial charge in [-0.05, 0) is 40.3 Å². The highest BCUT2D eigenvalue weighted by molar-refractivity contribution is 5.96. The van der Waals surface area contributed by atoms with E-state index in [1.807, 2.05) is 6.08 Å². The SMILES string of the molecule is OCC=Cc1ccc2c3c(cccc13)CC2. The lowest BCUT2D eigenvalue weighted by atomic mass is 10.00. The zero-order valence-corrected chi connectivity index (χ0v) is 9.11. The Kier molecular flexibility index (Phi) is 2.26. The average molecular weight is 210 g/mol. The van der Waals surface area contributed by atoms with Crippen molar-refractivity contribution in [1.82, 2.24) is 0 Å². The van der Waals surface area contributed by atoms with Gasteiger partial charge < -0.3 is 5.11 Å².